The highest BCUT2D eigenvalue weighted by molar-refractivity contribution is 5.12. The third kappa shape index (κ3) is 1.95. The first-order valence-electron chi connectivity index (χ1n) is 7.93. The van der Waals surface area contributed by atoms with Crippen molar-refractivity contribution in [3.05, 3.63) is 12.5 Å². The van der Waals surface area contributed by atoms with Crippen LogP contribution in [0.25, 0.3) is 0 Å². The number of hydroxylamine groups is 1. The molecule has 0 radical (unpaired) electrons. The molecule has 1 spiro atoms. The van der Waals surface area contributed by atoms with Gasteiger partial charge in [0.25, 0.3) is 0 Å². The van der Waals surface area contributed by atoms with Gasteiger partial charge in [0.2, 0.25) is 0 Å². The Morgan fingerprint density at radius 3 is 2.85 bits per heavy atom. The van der Waals surface area contributed by atoms with Crippen LogP contribution in [0.3, 0.4) is 0 Å². The normalized spacial score (nSPS) is 51.0. The van der Waals surface area contributed by atoms with Gasteiger partial charge in [-0.05, 0) is 63.4 Å². The molecule has 5 heteroatoms. The lowest BCUT2D eigenvalue weighted by molar-refractivity contribution is 0.0214. The molecule has 2 saturated carbocycles. The summed E-state index contributed by atoms with van der Waals surface area (Å²) in [4.78, 5) is 5.43. The number of hydrogen-bond donors (Lipinski definition) is 3. The Bertz CT molecular complexity index is 416. The Morgan fingerprint density at radius 2 is 2.15 bits per heavy atom. The summed E-state index contributed by atoms with van der Waals surface area (Å²) in [7, 11) is 0. The molecule has 3 N–H and O–H groups in total. The lowest BCUT2D eigenvalue weighted by Crippen LogP contribution is -2.50. The molecular weight excluding hydrogens is 254 g/mol. The monoisotopic (exact) mass is 279 g/mol. The Morgan fingerprint density at radius 1 is 1.25 bits per heavy atom. The zero-order valence-corrected chi connectivity index (χ0v) is 12.2. The van der Waals surface area contributed by atoms with Gasteiger partial charge in [-0.15, -0.1) is 0 Å². The van der Waals surface area contributed by atoms with E-state index in [1.165, 1.54) is 32.1 Å². The Hall–Kier alpha value is -0.780. The molecule has 6 atom stereocenters. The van der Waals surface area contributed by atoms with Gasteiger partial charge in [0.05, 0.1) is 11.7 Å². The van der Waals surface area contributed by atoms with Gasteiger partial charge in [0, 0.05) is 0 Å². The summed E-state index contributed by atoms with van der Waals surface area (Å²) in [6.45, 7) is 6.79. The van der Waals surface area contributed by atoms with Crippen LogP contribution in [0.15, 0.2) is 12.5 Å². The first-order valence-corrected chi connectivity index (χ1v) is 7.93. The van der Waals surface area contributed by atoms with Gasteiger partial charge in [0.15, 0.2) is 5.88 Å². The maximum absolute atomic E-state index is 5.63. The van der Waals surface area contributed by atoms with Gasteiger partial charge in [-0.2, -0.15) is 5.48 Å². The van der Waals surface area contributed by atoms with Crippen LogP contribution in [0.5, 0.6) is 0 Å². The van der Waals surface area contributed by atoms with Crippen LogP contribution in [-0.2, 0) is 9.57 Å². The summed E-state index contributed by atoms with van der Waals surface area (Å²) in [5.74, 6) is 3.02. The van der Waals surface area contributed by atoms with Crippen LogP contribution >= 0.6 is 0 Å². The minimum atomic E-state index is 0.126. The van der Waals surface area contributed by atoms with Gasteiger partial charge < -0.3 is 10.1 Å². The van der Waals surface area contributed by atoms with Gasteiger partial charge >= 0.3 is 0 Å². The van der Waals surface area contributed by atoms with Crippen LogP contribution in [0.2, 0.25) is 0 Å². The van der Waals surface area contributed by atoms with E-state index in [0.29, 0.717) is 12.1 Å². The lowest BCUT2D eigenvalue weighted by Gasteiger charge is -2.39. The summed E-state index contributed by atoms with van der Waals surface area (Å²) in [6.07, 6.45) is 6.83. The first kappa shape index (κ1) is 12.9. The SMILES string of the molecule is C=C1N[C@]2(CCC3CC(C4NOC(C)N4)CCC32)CO1. The van der Waals surface area contributed by atoms with E-state index in [2.05, 4.69) is 29.6 Å². The fourth-order valence-corrected chi connectivity index (χ4v) is 4.91. The second-order valence-corrected chi connectivity index (χ2v) is 6.99. The van der Waals surface area contributed by atoms with Crippen molar-refractivity contribution in [3.63, 3.8) is 0 Å². The third-order valence-corrected chi connectivity index (χ3v) is 5.84. The van der Waals surface area contributed by atoms with Crippen molar-refractivity contribution in [2.45, 2.75) is 57.0 Å². The second kappa shape index (κ2) is 4.61. The topological polar surface area (TPSA) is 54.5 Å². The second-order valence-electron chi connectivity index (χ2n) is 6.99. The first-order chi connectivity index (χ1) is 9.66. The predicted octanol–water partition coefficient (Wildman–Crippen LogP) is 1.44. The van der Waals surface area contributed by atoms with Crippen molar-refractivity contribution in [3.8, 4) is 0 Å². The highest BCUT2D eigenvalue weighted by atomic mass is 16.7. The number of ether oxygens (including phenoxy) is 1. The molecule has 0 bridgehead atoms. The third-order valence-electron chi connectivity index (χ3n) is 5.84. The molecular formula is C15H25N3O2. The minimum Gasteiger partial charge on any atom is -0.477 e. The van der Waals surface area contributed by atoms with Gasteiger partial charge in [-0.25, -0.2) is 0 Å². The van der Waals surface area contributed by atoms with Gasteiger partial charge in [-0.3, -0.25) is 10.2 Å². The summed E-state index contributed by atoms with van der Waals surface area (Å²) in [5, 5.41) is 7.03. The quantitative estimate of drug-likeness (QED) is 0.678. The largest absolute Gasteiger partial charge is 0.477 e. The van der Waals surface area contributed by atoms with E-state index in [9.17, 15) is 0 Å². The van der Waals surface area contributed by atoms with Crippen LogP contribution in [0, 0.1) is 17.8 Å². The fraction of sp³-hybridized carbons (Fsp3) is 0.867. The van der Waals surface area contributed by atoms with E-state index in [0.717, 1.165) is 24.3 Å². The standard InChI is InChI=1S/C15H25N3O2/c1-9-16-14(18-20-9)12-3-4-13-11(7-12)5-6-15(13)8-19-10(2)17-15/h9,11-14,16-18H,2-8H2,1H3/t9?,11?,12?,13?,14?,15-/m1/s1. The highest BCUT2D eigenvalue weighted by Crippen LogP contribution is 2.52. The van der Waals surface area contributed by atoms with Crippen molar-refractivity contribution in [2.75, 3.05) is 6.61 Å². The molecule has 4 aliphatic rings. The molecule has 0 aromatic carbocycles. The van der Waals surface area contributed by atoms with E-state index in [1.807, 2.05) is 0 Å². The molecule has 2 saturated heterocycles. The molecule has 0 amide bonds. The Balaban J connectivity index is 1.43. The molecule has 5 unspecified atom stereocenters. The number of nitrogens with one attached hydrogen (secondary N) is 3. The highest BCUT2D eigenvalue weighted by Gasteiger charge is 2.54. The molecule has 20 heavy (non-hydrogen) atoms. The van der Waals surface area contributed by atoms with Crippen LogP contribution in [0.4, 0.5) is 0 Å². The van der Waals surface area contributed by atoms with Crippen molar-refractivity contribution in [1.29, 1.82) is 0 Å². The Labute approximate surface area is 120 Å². The Kier molecular flexibility index (Phi) is 2.98. The molecule has 112 valence electrons. The fourth-order valence-electron chi connectivity index (χ4n) is 4.91. The maximum Gasteiger partial charge on any atom is 0.179 e. The zero-order valence-electron chi connectivity index (χ0n) is 12.2. The maximum atomic E-state index is 5.63. The lowest BCUT2D eigenvalue weighted by atomic mass is 9.70. The average Bonchev–Trinajstić information content (AvgIpc) is 3.12. The summed E-state index contributed by atoms with van der Waals surface area (Å²) >= 11 is 0. The van der Waals surface area contributed by atoms with Gasteiger partial charge in [0.1, 0.15) is 12.8 Å². The predicted molar refractivity (Wildman–Crippen MR) is 75.1 cm³/mol. The number of hydrogen-bond acceptors (Lipinski definition) is 5. The van der Waals surface area contributed by atoms with Crippen molar-refractivity contribution in [1.82, 2.24) is 16.1 Å². The smallest absolute Gasteiger partial charge is 0.179 e. The summed E-state index contributed by atoms with van der Waals surface area (Å²) in [5.41, 5.74) is 3.35. The molecule has 2 aliphatic heterocycles. The van der Waals surface area contributed by atoms with E-state index < -0.39 is 0 Å². The zero-order chi connectivity index (χ0) is 13.7. The molecule has 2 aliphatic carbocycles. The van der Waals surface area contributed by atoms with Crippen molar-refractivity contribution >= 4 is 0 Å². The minimum absolute atomic E-state index is 0.126. The van der Waals surface area contributed by atoms with E-state index in [-0.39, 0.29) is 11.8 Å². The van der Waals surface area contributed by atoms with E-state index >= 15 is 0 Å². The number of fused-ring (bicyclic) bond motifs is 2. The molecule has 4 fully saturated rings. The van der Waals surface area contributed by atoms with Crippen molar-refractivity contribution in [2.24, 2.45) is 17.8 Å². The van der Waals surface area contributed by atoms with Crippen molar-refractivity contribution < 1.29 is 9.57 Å². The summed E-state index contributed by atoms with van der Waals surface area (Å²) in [6, 6.07) is 0. The molecule has 0 aromatic rings. The number of rotatable bonds is 1. The van der Waals surface area contributed by atoms with Crippen LogP contribution in [0.1, 0.15) is 39.0 Å². The molecule has 2 heterocycles. The van der Waals surface area contributed by atoms with E-state index in [1.54, 1.807) is 0 Å². The molecule has 0 aromatic heterocycles. The van der Waals surface area contributed by atoms with Crippen LogP contribution in [-0.4, -0.2) is 24.5 Å². The summed E-state index contributed by atoms with van der Waals surface area (Å²) < 4.78 is 5.63. The van der Waals surface area contributed by atoms with E-state index in [4.69, 9.17) is 9.57 Å². The van der Waals surface area contributed by atoms with Crippen LogP contribution < -0.4 is 16.1 Å². The molecule has 4 rings (SSSR count). The average molecular weight is 279 g/mol. The molecule has 5 nitrogen and oxygen atoms in total. The van der Waals surface area contributed by atoms with Gasteiger partial charge in [-0.1, -0.05) is 0 Å².